The van der Waals surface area contributed by atoms with Gasteiger partial charge in [-0.3, -0.25) is 0 Å². The number of hydrogen-bond donors (Lipinski definition) is 1. The molecule has 0 radical (unpaired) electrons. The van der Waals surface area contributed by atoms with Gasteiger partial charge in [-0.25, -0.2) is 0 Å². The van der Waals surface area contributed by atoms with Gasteiger partial charge in [0, 0.05) is 12.0 Å². The zero-order valence-electron chi connectivity index (χ0n) is 12.0. The van der Waals surface area contributed by atoms with Crippen LogP contribution in [0.5, 0.6) is 5.75 Å². The molecule has 1 aromatic carbocycles. The van der Waals surface area contributed by atoms with E-state index in [-0.39, 0.29) is 0 Å². The Morgan fingerprint density at radius 1 is 1.44 bits per heavy atom. The van der Waals surface area contributed by atoms with Crippen LogP contribution in [-0.4, -0.2) is 20.2 Å². The molecular formula is C16H25NO. The lowest BCUT2D eigenvalue weighted by atomic mass is 9.93. The van der Waals surface area contributed by atoms with Crippen LogP contribution in [0.4, 0.5) is 0 Å². The van der Waals surface area contributed by atoms with Gasteiger partial charge in [-0.05, 0) is 42.5 Å². The topological polar surface area (TPSA) is 21.3 Å². The molecule has 0 aromatic heterocycles. The summed E-state index contributed by atoms with van der Waals surface area (Å²) in [5.41, 5.74) is 1.76. The van der Waals surface area contributed by atoms with Gasteiger partial charge < -0.3 is 10.1 Å². The van der Waals surface area contributed by atoms with E-state index in [0.29, 0.717) is 11.3 Å². The van der Waals surface area contributed by atoms with Gasteiger partial charge in [-0.1, -0.05) is 32.9 Å². The molecule has 0 saturated heterocycles. The minimum absolute atomic E-state index is 0.337. The molecule has 0 amide bonds. The summed E-state index contributed by atoms with van der Waals surface area (Å²) in [5, 5.41) is 3.61. The Morgan fingerprint density at radius 2 is 2.17 bits per heavy atom. The highest BCUT2D eigenvalue weighted by molar-refractivity contribution is 5.39. The zero-order valence-corrected chi connectivity index (χ0v) is 12.0. The third kappa shape index (κ3) is 2.69. The molecule has 18 heavy (non-hydrogen) atoms. The predicted octanol–water partition coefficient (Wildman–Crippen LogP) is 3.22. The highest BCUT2D eigenvalue weighted by atomic mass is 16.5. The fourth-order valence-electron chi connectivity index (χ4n) is 2.75. The van der Waals surface area contributed by atoms with Crippen molar-refractivity contribution >= 4 is 0 Å². The minimum atomic E-state index is 0.337. The van der Waals surface area contributed by atoms with Crippen molar-refractivity contribution in [2.24, 2.45) is 11.8 Å². The summed E-state index contributed by atoms with van der Waals surface area (Å²) < 4.78 is 5.34. The molecule has 2 nitrogen and oxygen atoms in total. The van der Waals surface area contributed by atoms with Crippen LogP contribution in [0, 0.1) is 11.8 Å². The molecule has 0 spiro atoms. The van der Waals surface area contributed by atoms with Gasteiger partial charge in [-0.2, -0.15) is 0 Å². The fourth-order valence-corrected chi connectivity index (χ4v) is 2.75. The van der Waals surface area contributed by atoms with Gasteiger partial charge in [0.15, 0.2) is 0 Å². The van der Waals surface area contributed by atoms with E-state index in [2.05, 4.69) is 44.3 Å². The summed E-state index contributed by atoms with van der Waals surface area (Å²) in [7, 11) is 1.74. The molecule has 1 aliphatic carbocycles. The molecule has 1 saturated carbocycles. The van der Waals surface area contributed by atoms with Crippen molar-refractivity contribution in [1.82, 2.24) is 5.32 Å². The average molecular weight is 247 g/mol. The molecule has 2 heteroatoms. The molecule has 2 rings (SSSR count). The van der Waals surface area contributed by atoms with Gasteiger partial charge in [0.1, 0.15) is 5.75 Å². The molecule has 2 unspecified atom stereocenters. The molecule has 0 aliphatic heterocycles. The van der Waals surface area contributed by atoms with Crippen molar-refractivity contribution in [3.05, 3.63) is 29.8 Å². The van der Waals surface area contributed by atoms with Crippen molar-refractivity contribution < 1.29 is 4.74 Å². The average Bonchev–Trinajstić information content (AvgIpc) is 3.01. The summed E-state index contributed by atoms with van der Waals surface area (Å²) in [6.07, 6.45) is 1.28. The maximum atomic E-state index is 5.34. The molecule has 1 aromatic rings. The van der Waals surface area contributed by atoms with E-state index in [1.807, 2.05) is 6.07 Å². The highest BCUT2D eigenvalue weighted by Gasteiger charge is 2.51. The van der Waals surface area contributed by atoms with Gasteiger partial charge >= 0.3 is 0 Å². The predicted molar refractivity (Wildman–Crippen MR) is 76.2 cm³/mol. The lowest BCUT2D eigenvalue weighted by Gasteiger charge is -2.19. The van der Waals surface area contributed by atoms with Gasteiger partial charge in [-0.15, -0.1) is 0 Å². The van der Waals surface area contributed by atoms with E-state index in [1.54, 1.807) is 7.11 Å². The normalized spacial score (nSPS) is 26.4. The minimum Gasteiger partial charge on any atom is -0.497 e. The van der Waals surface area contributed by atoms with Crippen LogP contribution in [0.15, 0.2) is 24.3 Å². The quantitative estimate of drug-likeness (QED) is 0.833. The SMILES string of the molecule is COc1cccc(C2(CNCC(C)C)CC2C)c1. The highest BCUT2D eigenvalue weighted by Crippen LogP contribution is 2.54. The number of methoxy groups -OCH3 is 1. The van der Waals surface area contributed by atoms with E-state index in [1.165, 1.54) is 12.0 Å². The van der Waals surface area contributed by atoms with Crippen LogP contribution < -0.4 is 10.1 Å². The van der Waals surface area contributed by atoms with Crippen LogP contribution in [0.3, 0.4) is 0 Å². The smallest absolute Gasteiger partial charge is 0.119 e. The Labute approximate surface area is 111 Å². The summed E-state index contributed by atoms with van der Waals surface area (Å²) >= 11 is 0. The van der Waals surface area contributed by atoms with E-state index >= 15 is 0 Å². The largest absolute Gasteiger partial charge is 0.497 e. The maximum Gasteiger partial charge on any atom is 0.119 e. The molecule has 0 heterocycles. The second kappa shape index (κ2) is 5.31. The molecule has 1 fully saturated rings. The van der Waals surface area contributed by atoms with Crippen molar-refractivity contribution in [2.75, 3.05) is 20.2 Å². The third-order valence-corrected chi connectivity index (χ3v) is 4.09. The maximum absolute atomic E-state index is 5.34. The second-order valence-electron chi connectivity index (χ2n) is 6.02. The third-order valence-electron chi connectivity index (χ3n) is 4.09. The Balaban J connectivity index is 2.07. The number of rotatable bonds is 6. The van der Waals surface area contributed by atoms with Crippen LogP contribution in [0.25, 0.3) is 0 Å². The van der Waals surface area contributed by atoms with Crippen molar-refractivity contribution in [2.45, 2.75) is 32.6 Å². The standard InChI is InChI=1S/C16H25NO/c1-12(2)10-17-11-16(9-13(16)3)14-6-5-7-15(8-14)18-4/h5-8,12-13,17H,9-11H2,1-4H3. The molecular weight excluding hydrogens is 222 g/mol. The van der Waals surface area contributed by atoms with E-state index in [4.69, 9.17) is 4.74 Å². The molecule has 0 bridgehead atoms. The van der Waals surface area contributed by atoms with E-state index in [0.717, 1.165) is 24.8 Å². The summed E-state index contributed by atoms with van der Waals surface area (Å²) in [5.74, 6) is 2.44. The first-order valence-corrected chi connectivity index (χ1v) is 6.94. The first-order chi connectivity index (χ1) is 8.58. The van der Waals surface area contributed by atoms with Crippen LogP contribution in [0.1, 0.15) is 32.8 Å². The lowest BCUT2D eigenvalue weighted by Crippen LogP contribution is -2.31. The molecule has 100 valence electrons. The number of nitrogens with one attached hydrogen (secondary N) is 1. The van der Waals surface area contributed by atoms with Crippen LogP contribution in [0.2, 0.25) is 0 Å². The lowest BCUT2D eigenvalue weighted by molar-refractivity contribution is 0.412. The molecule has 1 N–H and O–H groups in total. The number of hydrogen-bond acceptors (Lipinski definition) is 2. The molecule has 1 aliphatic rings. The van der Waals surface area contributed by atoms with Gasteiger partial charge in [0.2, 0.25) is 0 Å². The van der Waals surface area contributed by atoms with Crippen molar-refractivity contribution in [3.8, 4) is 5.75 Å². The Kier molecular flexibility index (Phi) is 3.96. The second-order valence-corrected chi connectivity index (χ2v) is 6.02. The summed E-state index contributed by atoms with van der Waals surface area (Å²) in [4.78, 5) is 0. The number of ether oxygens (including phenoxy) is 1. The van der Waals surface area contributed by atoms with Crippen molar-refractivity contribution in [1.29, 1.82) is 0 Å². The molecule has 2 atom stereocenters. The Bertz CT molecular complexity index is 402. The Morgan fingerprint density at radius 3 is 2.72 bits per heavy atom. The van der Waals surface area contributed by atoms with Crippen molar-refractivity contribution in [3.63, 3.8) is 0 Å². The van der Waals surface area contributed by atoms with Gasteiger partial charge in [0.05, 0.1) is 7.11 Å². The number of benzene rings is 1. The zero-order chi connectivity index (χ0) is 13.2. The van der Waals surface area contributed by atoms with Crippen LogP contribution in [-0.2, 0) is 5.41 Å². The summed E-state index contributed by atoms with van der Waals surface area (Å²) in [6, 6.07) is 8.55. The summed E-state index contributed by atoms with van der Waals surface area (Å²) in [6.45, 7) is 9.03. The van der Waals surface area contributed by atoms with Gasteiger partial charge in [0.25, 0.3) is 0 Å². The fraction of sp³-hybridized carbons (Fsp3) is 0.625. The monoisotopic (exact) mass is 247 g/mol. The first-order valence-electron chi connectivity index (χ1n) is 6.94. The first kappa shape index (κ1) is 13.4. The van der Waals surface area contributed by atoms with E-state index < -0.39 is 0 Å². The van der Waals surface area contributed by atoms with Crippen LogP contribution >= 0.6 is 0 Å². The Hall–Kier alpha value is -1.02. The van der Waals surface area contributed by atoms with E-state index in [9.17, 15) is 0 Å².